The highest BCUT2D eigenvalue weighted by molar-refractivity contribution is 7.15. The molecule has 0 aliphatic carbocycles. The van der Waals surface area contributed by atoms with Gasteiger partial charge in [0.1, 0.15) is 0 Å². The first kappa shape index (κ1) is 15.8. The van der Waals surface area contributed by atoms with Crippen molar-refractivity contribution in [2.24, 2.45) is 0 Å². The van der Waals surface area contributed by atoms with Crippen LogP contribution in [-0.2, 0) is 0 Å². The molecule has 1 unspecified atom stereocenters. The summed E-state index contributed by atoms with van der Waals surface area (Å²) in [5.74, 6) is 0. The molecule has 0 heterocycles. The van der Waals surface area contributed by atoms with E-state index >= 15 is 0 Å². The second kappa shape index (κ2) is 53.7. The maximum Gasteiger partial charge on any atom is 0.0402 e. The highest BCUT2D eigenvalue weighted by atomic mass is 31.0. The molecule has 0 saturated heterocycles. The minimum absolute atomic E-state index is 0.250. The van der Waals surface area contributed by atoms with Crippen molar-refractivity contribution in [2.45, 2.75) is 13.8 Å². The summed E-state index contributed by atoms with van der Waals surface area (Å²) in [6, 6.07) is 0. The van der Waals surface area contributed by atoms with E-state index in [1.807, 2.05) is 6.66 Å². The van der Waals surface area contributed by atoms with Crippen LogP contribution in [0.2, 0.25) is 0 Å². The van der Waals surface area contributed by atoms with Crippen LogP contribution in [0.25, 0.3) is 0 Å². The molecule has 0 fully saturated rings. The molecule has 0 aromatic heterocycles. The summed E-state index contributed by atoms with van der Waals surface area (Å²) in [5.41, 5.74) is 0. The standard InChI is InChI=1S/2C2H6O.CH5P/c2*1-2-3;1-2/h2*3H,2H2,1H3;2H2,1H3. The lowest BCUT2D eigenvalue weighted by molar-refractivity contribution is 0.318. The van der Waals surface area contributed by atoms with Gasteiger partial charge < -0.3 is 10.2 Å². The van der Waals surface area contributed by atoms with Crippen molar-refractivity contribution in [3.8, 4) is 0 Å². The van der Waals surface area contributed by atoms with Crippen LogP contribution in [0.4, 0.5) is 0 Å². The van der Waals surface area contributed by atoms with Gasteiger partial charge in [-0.2, -0.15) is 0 Å². The Morgan fingerprint density at radius 1 is 1.00 bits per heavy atom. The third-order valence-corrected chi connectivity index (χ3v) is 0. The molecule has 2 nitrogen and oxygen atoms in total. The molecular weight excluding hydrogens is 123 g/mol. The fourth-order valence-electron chi connectivity index (χ4n) is 0. The van der Waals surface area contributed by atoms with E-state index in [1.54, 1.807) is 13.8 Å². The lowest BCUT2D eigenvalue weighted by atomic mass is 10.9. The molecule has 0 aromatic rings. The summed E-state index contributed by atoms with van der Waals surface area (Å²) in [6.45, 7) is 5.78. The van der Waals surface area contributed by atoms with Gasteiger partial charge in [-0.3, -0.25) is 0 Å². The number of hydrogen-bond donors (Lipinski definition) is 2. The molecule has 0 bridgehead atoms. The lowest BCUT2D eigenvalue weighted by Gasteiger charge is -1.52. The normalized spacial score (nSPS) is 5.25. The van der Waals surface area contributed by atoms with Gasteiger partial charge in [-0.1, -0.05) is 6.66 Å². The van der Waals surface area contributed by atoms with Gasteiger partial charge in [-0.05, 0) is 13.8 Å². The molecule has 0 rings (SSSR count). The molecule has 0 saturated carbocycles. The highest BCUT2D eigenvalue weighted by Gasteiger charge is 1.34. The van der Waals surface area contributed by atoms with E-state index in [0.717, 1.165) is 0 Å². The first-order chi connectivity index (χ1) is 3.83. The van der Waals surface area contributed by atoms with Gasteiger partial charge in [0, 0.05) is 13.2 Å². The van der Waals surface area contributed by atoms with Crippen molar-refractivity contribution in [1.29, 1.82) is 0 Å². The molecule has 0 spiro atoms. The average Bonchev–Trinajstić information content (AvgIpc) is 1.75. The molecule has 0 aliphatic heterocycles. The minimum atomic E-state index is 0.250. The molecule has 0 aromatic carbocycles. The maximum absolute atomic E-state index is 7.57. The van der Waals surface area contributed by atoms with Crippen molar-refractivity contribution in [3.05, 3.63) is 0 Å². The van der Waals surface area contributed by atoms with Gasteiger partial charge in [-0.25, -0.2) is 0 Å². The summed E-state index contributed by atoms with van der Waals surface area (Å²) in [5, 5.41) is 15.1. The second-order valence-electron chi connectivity index (χ2n) is 0.632. The molecule has 8 heavy (non-hydrogen) atoms. The first-order valence-corrected chi connectivity index (χ1v) is 3.78. The Labute approximate surface area is 54.1 Å². The maximum atomic E-state index is 7.57. The Hall–Kier alpha value is 0.350. The highest BCUT2D eigenvalue weighted by Crippen LogP contribution is 1.46. The van der Waals surface area contributed by atoms with E-state index in [2.05, 4.69) is 9.24 Å². The predicted molar refractivity (Wildman–Crippen MR) is 41.2 cm³/mol. The largest absolute Gasteiger partial charge is 0.397 e. The van der Waals surface area contributed by atoms with Crippen molar-refractivity contribution in [2.75, 3.05) is 19.9 Å². The number of rotatable bonds is 0. The van der Waals surface area contributed by atoms with Crippen molar-refractivity contribution < 1.29 is 10.2 Å². The zero-order chi connectivity index (χ0) is 7.41. The second-order valence-corrected chi connectivity index (χ2v) is 0.632. The van der Waals surface area contributed by atoms with Crippen molar-refractivity contribution in [1.82, 2.24) is 0 Å². The minimum Gasteiger partial charge on any atom is -0.397 e. The van der Waals surface area contributed by atoms with Gasteiger partial charge in [0.15, 0.2) is 0 Å². The van der Waals surface area contributed by atoms with E-state index in [4.69, 9.17) is 10.2 Å². The van der Waals surface area contributed by atoms with Crippen LogP contribution in [0.1, 0.15) is 13.8 Å². The Morgan fingerprint density at radius 2 is 1.00 bits per heavy atom. The average molecular weight is 140 g/mol. The number of aliphatic hydroxyl groups excluding tert-OH is 2. The van der Waals surface area contributed by atoms with Crippen LogP contribution < -0.4 is 0 Å². The molecule has 0 radical (unpaired) electrons. The topological polar surface area (TPSA) is 40.5 Å². The molecule has 0 amide bonds. The van der Waals surface area contributed by atoms with Gasteiger partial charge in [-0.15, -0.1) is 9.24 Å². The van der Waals surface area contributed by atoms with Crippen LogP contribution in [0, 0.1) is 0 Å². The lowest BCUT2D eigenvalue weighted by Crippen LogP contribution is -1.57. The molecule has 2 N–H and O–H groups in total. The van der Waals surface area contributed by atoms with Crippen LogP contribution in [0.5, 0.6) is 0 Å². The number of aliphatic hydroxyl groups is 2. The molecule has 54 valence electrons. The monoisotopic (exact) mass is 140 g/mol. The quantitative estimate of drug-likeness (QED) is 0.481. The zero-order valence-corrected chi connectivity index (χ0v) is 7.04. The summed E-state index contributed by atoms with van der Waals surface area (Å²) in [4.78, 5) is 0. The summed E-state index contributed by atoms with van der Waals surface area (Å²) in [6.07, 6.45) is 0. The Kier molecular flexibility index (Phi) is 106. The van der Waals surface area contributed by atoms with Crippen molar-refractivity contribution >= 4 is 9.24 Å². The van der Waals surface area contributed by atoms with Crippen LogP contribution in [-0.4, -0.2) is 30.1 Å². The Bertz CT molecular complexity index is 12.4. The van der Waals surface area contributed by atoms with Crippen LogP contribution in [0.15, 0.2) is 0 Å². The van der Waals surface area contributed by atoms with Crippen LogP contribution in [0.3, 0.4) is 0 Å². The van der Waals surface area contributed by atoms with E-state index in [9.17, 15) is 0 Å². The zero-order valence-electron chi connectivity index (χ0n) is 5.89. The fourth-order valence-corrected chi connectivity index (χ4v) is 0. The third-order valence-electron chi connectivity index (χ3n) is 0. The smallest absolute Gasteiger partial charge is 0.0402 e. The Morgan fingerprint density at radius 3 is 1.00 bits per heavy atom. The SMILES string of the molecule is CCO.CCO.CP. The fraction of sp³-hybridized carbons (Fsp3) is 1.00. The Balaban J connectivity index is -0.0000000483. The summed E-state index contributed by atoms with van der Waals surface area (Å²) < 4.78 is 0. The van der Waals surface area contributed by atoms with E-state index in [-0.39, 0.29) is 13.2 Å². The van der Waals surface area contributed by atoms with Gasteiger partial charge in [0.05, 0.1) is 0 Å². The van der Waals surface area contributed by atoms with Crippen LogP contribution >= 0.6 is 9.24 Å². The molecule has 1 atom stereocenters. The molecule has 0 aliphatic rings. The van der Waals surface area contributed by atoms with Crippen molar-refractivity contribution in [3.63, 3.8) is 0 Å². The summed E-state index contributed by atoms with van der Waals surface area (Å²) in [7, 11) is 2.42. The number of hydrogen-bond acceptors (Lipinski definition) is 2. The van der Waals surface area contributed by atoms with Gasteiger partial charge in [0.2, 0.25) is 0 Å². The summed E-state index contributed by atoms with van der Waals surface area (Å²) >= 11 is 0. The van der Waals surface area contributed by atoms with E-state index in [1.165, 1.54) is 0 Å². The third kappa shape index (κ3) is 1480. The van der Waals surface area contributed by atoms with E-state index in [0.29, 0.717) is 0 Å². The molecular formula is C5H17O2P. The molecule has 3 heteroatoms. The van der Waals surface area contributed by atoms with Gasteiger partial charge in [0.25, 0.3) is 0 Å². The predicted octanol–water partition coefficient (Wildman–Crippen LogP) is 0.488. The van der Waals surface area contributed by atoms with Gasteiger partial charge >= 0.3 is 0 Å². The van der Waals surface area contributed by atoms with E-state index < -0.39 is 0 Å². The first-order valence-electron chi connectivity index (χ1n) is 2.62.